The van der Waals surface area contributed by atoms with Crippen molar-refractivity contribution in [3.8, 4) is 11.5 Å². The third kappa shape index (κ3) is 3.41. The lowest BCUT2D eigenvalue weighted by Crippen LogP contribution is -2.48. The van der Waals surface area contributed by atoms with Crippen LogP contribution in [0.1, 0.15) is 17.4 Å². The fourth-order valence-electron chi connectivity index (χ4n) is 3.05. The van der Waals surface area contributed by atoms with Crippen molar-refractivity contribution in [2.24, 2.45) is 0 Å². The van der Waals surface area contributed by atoms with Crippen molar-refractivity contribution in [1.82, 2.24) is 19.8 Å². The molecule has 136 valence electrons. The minimum Gasteiger partial charge on any atom is -0.454 e. The van der Waals surface area contributed by atoms with E-state index in [1.54, 1.807) is 6.20 Å². The van der Waals surface area contributed by atoms with Crippen LogP contribution in [0.4, 0.5) is 11.5 Å². The Hall–Kier alpha value is -2.87. The number of nitrogens with zero attached hydrogens (tertiary/aromatic N) is 4. The highest BCUT2D eigenvalue weighted by atomic mass is 16.7. The van der Waals surface area contributed by atoms with Gasteiger partial charge in [-0.1, -0.05) is 6.92 Å². The van der Waals surface area contributed by atoms with Crippen LogP contribution in [0.3, 0.4) is 0 Å². The minimum absolute atomic E-state index is 0.0668. The van der Waals surface area contributed by atoms with E-state index in [1.165, 1.54) is 6.20 Å². The van der Waals surface area contributed by atoms with Gasteiger partial charge in [0.05, 0.1) is 12.4 Å². The maximum Gasteiger partial charge on any atom is 0.274 e. The lowest BCUT2D eigenvalue weighted by Gasteiger charge is -2.33. The van der Waals surface area contributed by atoms with Gasteiger partial charge in [-0.3, -0.25) is 4.79 Å². The number of benzene rings is 1. The van der Waals surface area contributed by atoms with E-state index in [4.69, 9.17) is 9.47 Å². The Morgan fingerprint density at radius 3 is 2.65 bits per heavy atom. The van der Waals surface area contributed by atoms with Gasteiger partial charge in [0.15, 0.2) is 11.5 Å². The second-order valence-corrected chi connectivity index (χ2v) is 6.21. The summed E-state index contributed by atoms with van der Waals surface area (Å²) >= 11 is 0. The second-order valence-electron chi connectivity index (χ2n) is 6.21. The number of nitrogens with one attached hydrogen (secondary N) is 1. The molecule has 1 saturated heterocycles. The second kappa shape index (κ2) is 7.17. The summed E-state index contributed by atoms with van der Waals surface area (Å²) in [7, 11) is 0. The van der Waals surface area contributed by atoms with E-state index in [-0.39, 0.29) is 12.7 Å². The summed E-state index contributed by atoms with van der Waals surface area (Å²) in [6.07, 6.45) is 3.09. The summed E-state index contributed by atoms with van der Waals surface area (Å²) in [5.74, 6) is 1.92. The number of amides is 1. The van der Waals surface area contributed by atoms with Crippen molar-refractivity contribution < 1.29 is 14.3 Å². The van der Waals surface area contributed by atoms with Gasteiger partial charge in [0.2, 0.25) is 6.79 Å². The van der Waals surface area contributed by atoms with Crippen LogP contribution in [0.25, 0.3) is 0 Å². The van der Waals surface area contributed by atoms with Crippen LogP contribution in [0.2, 0.25) is 0 Å². The number of carbonyl (C=O) groups is 1. The van der Waals surface area contributed by atoms with E-state index < -0.39 is 0 Å². The van der Waals surface area contributed by atoms with Crippen LogP contribution in [0.15, 0.2) is 30.6 Å². The number of likely N-dealkylation sites (N-methyl/N-ethyl adjacent to an activating group) is 1. The monoisotopic (exact) mass is 355 g/mol. The SMILES string of the molecule is CCN1CCN(C(=O)c2cnc(Nc3ccc4c(c3)OCO4)cn2)CC1. The first-order valence-electron chi connectivity index (χ1n) is 8.73. The number of ether oxygens (including phenoxy) is 2. The largest absolute Gasteiger partial charge is 0.454 e. The molecule has 4 rings (SSSR count). The first kappa shape index (κ1) is 16.6. The number of piperazine rings is 1. The molecule has 0 bridgehead atoms. The number of anilines is 2. The van der Waals surface area contributed by atoms with Crippen LogP contribution >= 0.6 is 0 Å². The maximum atomic E-state index is 12.5. The summed E-state index contributed by atoms with van der Waals surface area (Å²) < 4.78 is 10.7. The fraction of sp³-hybridized carbons (Fsp3) is 0.389. The van der Waals surface area contributed by atoms with Gasteiger partial charge >= 0.3 is 0 Å². The molecule has 1 aromatic heterocycles. The summed E-state index contributed by atoms with van der Waals surface area (Å²) in [5, 5.41) is 3.15. The van der Waals surface area contributed by atoms with Crippen molar-refractivity contribution in [3.05, 3.63) is 36.3 Å². The van der Waals surface area contributed by atoms with E-state index in [0.717, 1.165) is 44.2 Å². The highest BCUT2D eigenvalue weighted by Gasteiger charge is 2.22. The lowest BCUT2D eigenvalue weighted by atomic mass is 10.2. The highest BCUT2D eigenvalue weighted by molar-refractivity contribution is 5.92. The molecule has 0 saturated carbocycles. The number of hydrogen-bond donors (Lipinski definition) is 1. The lowest BCUT2D eigenvalue weighted by molar-refractivity contribution is 0.0637. The van der Waals surface area contributed by atoms with Gasteiger partial charge in [0.1, 0.15) is 11.5 Å². The van der Waals surface area contributed by atoms with Crippen molar-refractivity contribution in [3.63, 3.8) is 0 Å². The minimum atomic E-state index is -0.0668. The Morgan fingerprint density at radius 1 is 1.12 bits per heavy atom. The number of fused-ring (bicyclic) bond motifs is 1. The Balaban J connectivity index is 1.39. The van der Waals surface area contributed by atoms with Gasteiger partial charge in [0, 0.05) is 37.9 Å². The molecule has 8 heteroatoms. The molecule has 1 N–H and O–H groups in total. The molecule has 8 nitrogen and oxygen atoms in total. The van der Waals surface area contributed by atoms with Crippen LogP contribution in [0.5, 0.6) is 11.5 Å². The summed E-state index contributed by atoms with van der Waals surface area (Å²) in [5.41, 5.74) is 1.18. The van der Waals surface area contributed by atoms with Gasteiger partial charge in [0.25, 0.3) is 5.91 Å². The molecule has 1 amide bonds. The maximum absolute atomic E-state index is 12.5. The summed E-state index contributed by atoms with van der Waals surface area (Å²) in [4.78, 5) is 25.3. The van der Waals surface area contributed by atoms with Crippen LogP contribution in [-0.2, 0) is 0 Å². The van der Waals surface area contributed by atoms with E-state index in [0.29, 0.717) is 17.3 Å². The van der Waals surface area contributed by atoms with Gasteiger partial charge in [-0.05, 0) is 18.7 Å². The third-order valence-corrected chi connectivity index (χ3v) is 4.62. The third-order valence-electron chi connectivity index (χ3n) is 4.62. The number of carbonyl (C=O) groups excluding carboxylic acids is 1. The number of hydrogen-bond acceptors (Lipinski definition) is 7. The molecular weight excluding hydrogens is 334 g/mol. The molecule has 3 heterocycles. The van der Waals surface area contributed by atoms with Crippen LogP contribution < -0.4 is 14.8 Å². The predicted molar refractivity (Wildman–Crippen MR) is 95.9 cm³/mol. The molecule has 2 aliphatic heterocycles. The zero-order valence-corrected chi connectivity index (χ0v) is 14.6. The average molecular weight is 355 g/mol. The van der Waals surface area contributed by atoms with Crippen molar-refractivity contribution >= 4 is 17.4 Å². The molecule has 1 aromatic carbocycles. The smallest absolute Gasteiger partial charge is 0.274 e. The van der Waals surface area contributed by atoms with E-state index in [9.17, 15) is 4.79 Å². The van der Waals surface area contributed by atoms with Gasteiger partial charge in [-0.15, -0.1) is 0 Å². The van der Waals surface area contributed by atoms with Crippen LogP contribution in [0, 0.1) is 0 Å². The molecule has 0 radical (unpaired) electrons. The molecule has 0 atom stereocenters. The van der Waals surface area contributed by atoms with Gasteiger partial charge in [-0.2, -0.15) is 0 Å². The zero-order valence-electron chi connectivity index (χ0n) is 14.6. The first-order chi connectivity index (χ1) is 12.7. The molecule has 2 aliphatic rings. The van der Waals surface area contributed by atoms with E-state index in [1.807, 2.05) is 23.1 Å². The highest BCUT2D eigenvalue weighted by Crippen LogP contribution is 2.34. The first-order valence-corrected chi connectivity index (χ1v) is 8.73. The molecule has 0 unspecified atom stereocenters. The normalized spacial score (nSPS) is 16.6. The van der Waals surface area contributed by atoms with E-state index >= 15 is 0 Å². The molecule has 0 spiro atoms. The zero-order chi connectivity index (χ0) is 17.9. The Labute approximate surface area is 151 Å². The fourth-order valence-corrected chi connectivity index (χ4v) is 3.05. The molecule has 0 aliphatic carbocycles. The quantitative estimate of drug-likeness (QED) is 0.894. The summed E-state index contributed by atoms with van der Waals surface area (Å²) in [6, 6.07) is 5.56. The van der Waals surface area contributed by atoms with E-state index in [2.05, 4.69) is 27.1 Å². The Kier molecular flexibility index (Phi) is 4.57. The van der Waals surface area contributed by atoms with Gasteiger partial charge < -0.3 is 24.6 Å². The Morgan fingerprint density at radius 2 is 1.92 bits per heavy atom. The topological polar surface area (TPSA) is 79.8 Å². The van der Waals surface area contributed by atoms with Crippen LogP contribution in [-0.4, -0.2) is 65.2 Å². The van der Waals surface area contributed by atoms with Gasteiger partial charge in [-0.25, -0.2) is 9.97 Å². The predicted octanol–water partition coefficient (Wildman–Crippen LogP) is 1.73. The van der Waals surface area contributed by atoms with Crippen molar-refractivity contribution in [1.29, 1.82) is 0 Å². The molecule has 26 heavy (non-hydrogen) atoms. The Bertz CT molecular complexity index is 788. The number of rotatable bonds is 4. The number of aromatic nitrogens is 2. The molecule has 1 fully saturated rings. The standard InChI is InChI=1S/C18H21N5O3/c1-2-22-5-7-23(8-6-22)18(24)14-10-20-17(11-19-14)21-13-3-4-15-16(9-13)26-12-25-15/h3-4,9-11H,2,5-8,12H2,1H3,(H,20,21). The summed E-state index contributed by atoms with van der Waals surface area (Å²) in [6.45, 7) is 6.65. The average Bonchev–Trinajstić information content (AvgIpc) is 3.16. The molecular formula is C18H21N5O3. The van der Waals surface area contributed by atoms with Crippen molar-refractivity contribution in [2.45, 2.75) is 6.92 Å². The van der Waals surface area contributed by atoms with Crippen molar-refractivity contribution in [2.75, 3.05) is 44.8 Å². The molecule has 2 aromatic rings.